The first-order valence-corrected chi connectivity index (χ1v) is 10.6. The van der Waals surface area contributed by atoms with Gasteiger partial charge < -0.3 is 19.0 Å². The highest BCUT2D eigenvalue weighted by atomic mass is 16.7. The van der Waals surface area contributed by atoms with Gasteiger partial charge in [-0.25, -0.2) is 4.98 Å². The van der Waals surface area contributed by atoms with Crippen LogP contribution in [0.5, 0.6) is 5.75 Å². The number of aromatic nitrogens is 2. The molecule has 5 rings (SSSR count). The Kier molecular flexibility index (Phi) is 4.77. The molecule has 31 heavy (non-hydrogen) atoms. The highest BCUT2D eigenvalue weighted by Crippen LogP contribution is 2.44. The lowest BCUT2D eigenvalue weighted by molar-refractivity contribution is -0.0847. The number of benzene rings is 2. The van der Waals surface area contributed by atoms with E-state index in [1.807, 2.05) is 35.9 Å². The summed E-state index contributed by atoms with van der Waals surface area (Å²) in [7, 11) is 1.69. The van der Waals surface area contributed by atoms with Crippen LogP contribution in [0.1, 0.15) is 35.2 Å². The maximum absolute atomic E-state index is 6.04. The van der Waals surface area contributed by atoms with E-state index in [9.17, 15) is 0 Å². The van der Waals surface area contributed by atoms with Crippen molar-refractivity contribution in [3.05, 3.63) is 83.4 Å². The normalized spacial score (nSPS) is 20.1. The summed E-state index contributed by atoms with van der Waals surface area (Å²) in [5.41, 5.74) is 4.88. The van der Waals surface area contributed by atoms with Gasteiger partial charge in [0, 0.05) is 24.7 Å². The number of ether oxygens (including phenoxy) is 1. The van der Waals surface area contributed by atoms with Crippen LogP contribution in [0.15, 0.2) is 66.2 Å². The topological polar surface area (TPSA) is 51.9 Å². The van der Waals surface area contributed by atoms with Crippen LogP contribution in [0, 0.1) is 13.8 Å². The number of hydrogen-bond donors (Lipinski definition) is 0. The molecule has 0 bridgehead atoms. The van der Waals surface area contributed by atoms with Crippen LogP contribution in [-0.2, 0) is 10.6 Å². The van der Waals surface area contributed by atoms with Crippen LogP contribution in [0.2, 0.25) is 0 Å². The van der Waals surface area contributed by atoms with Crippen LogP contribution in [-0.4, -0.2) is 33.9 Å². The summed E-state index contributed by atoms with van der Waals surface area (Å²) in [6.07, 6.45) is 9.87. The summed E-state index contributed by atoms with van der Waals surface area (Å²) in [4.78, 5) is 12.6. The Morgan fingerprint density at radius 3 is 2.68 bits per heavy atom. The Bertz CT molecular complexity index is 1160. The highest BCUT2D eigenvalue weighted by Gasteiger charge is 2.50. The van der Waals surface area contributed by atoms with E-state index in [1.165, 1.54) is 5.56 Å². The zero-order valence-corrected chi connectivity index (χ0v) is 18.1. The fraction of sp³-hybridized carbons (Fsp3) is 0.280. The van der Waals surface area contributed by atoms with Gasteiger partial charge in [-0.15, -0.1) is 0 Å². The minimum Gasteiger partial charge on any atom is -0.495 e. The molecule has 1 aromatic heterocycles. The van der Waals surface area contributed by atoms with Crippen molar-refractivity contribution < 1.29 is 9.57 Å². The first-order chi connectivity index (χ1) is 15.1. The van der Waals surface area contributed by atoms with E-state index in [-0.39, 0.29) is 0 Å². The van der Waals surface area contributed by atoms with Crippen LogP contribution in [0.3, 0.4) is 0 Å². The van der Waals surface area contributed by atoms with E-state index < -0.39 is 5.72 Å². The van der Waals surface area contributed by atoms with Crippen LogP contribution >= 0.6 is 0 Å². The van der Waals surface area contributed by atoms with Gasteiger partial charge in [-0.3, -0.25) is 0 Å². The third kappa shape index (κ3) is 3.38. The van der Waals surface area contributed by atoms with Crippen molar-refractivity contribution >= 4 is 11.9 Å². The lowest BCUT2D eigenvalue weighted by Gasteiger charge is -2.30. The Morgan fingerprint density at radius 1 is 1.10 bits per heavy atom. The molecule has 0 spiro atoms. The Hall–Kier alpha value is -3.54. The van der Waals surface area contributed by atoms with E-state index in [4.69, 9.17) is 9.57 Å². The Balaban J connectivity index is 1.39. The first kappa shape index (κ1) is 19.4. The highest BCUT2D eigenvalue weighted by molar-refractivity contribution is 5.97. The van der Waals surface area contributed by atoms with Crippen molar-refractivity contribution in [3.63, 3.8) is 0 Å². The number of rotatable bonds is 5. The molecule has 0 saturated carbocycles. The number of methoxy groups -OCH3 is 1. The van der Waals surface area contributed by atoms with E-state index in [2.05, 4.69) is 58.4 Å². The molecular formula is C25H26N4O2. The van der Waals surface area contributed by atoms with Crippen LogP contribution in [0.4, 0.5) is 0 Å². The van der Waals surface area contributed by atoms with Crippen molar-refractivity contribution in [2.45, 2.75) is 32.4 Å². The molecule has 1 unspecified atom stereocenters. The van der Waals surface area contributed by atoms with Gasteiger partial charge in [-0.1, -0.05) is 47.1 Å². The van der Waals surface area contributed by atoms with Crippen molar-refractivity contribution in [2.75, 3.05) is 13.7 Å². The number of oxime groups is 1. The second-order valence-corrected chi connectivity index (χ2v) is 8.13. The smallest absolute Gasteiger partial charge is 0.237 e. The minimum absolute atomic E-state index is 0.478. The first-order valence-electron chi connectivity index (χ1n) is 10.6. The molecular weight excluding hydrogens is 388 g/mol. The third-order valence-electron chi connectivity index (χ3n) is 6.02. The summed E-state index contributed by atoms with van der Waals surface area (Å²) >= 11 is 0. The molecule has 0 amide bonds. The largest absolute Gasteiger partial charge is 0.495 e. The number of nitrogens with zero attached hydrogens (tertiary/aromatic N) is 4. The van der Waals surface area contributed by atoms with Gasteiger partial charge in [-0.2, -0.15) is 0 Å². The zero-order valence-electron chi connectivity index (χ0n) is 18.1. The Labute approximate surface area is 182 Å². The van der Waals surface area contributed by atoms with Crippen molar-refractivity contribution in [2.24, 2.45) is 5.16 Å². The van der Waals surface area contributed by atoms with Gasteiger partial charge >= 0.3 is 0 Å². The Morgan fingerprint density at radius 2 is 1.94 bits per heavy atom. The number of amidine groups is 1. The standard InChI is InChI=1S/C25H26N4O2/c1-18-5-9-21(10-6-18)25-13-4-14-29(25)24(27-31-25)12-8-20-7-11-22(23(15-20)30-3)28-16-19(2)26-17-28/h5-12,15-17H,4,13-14H2,1-3H3/b12-8+. The molecule has 2 aliphatic rings. The lowest BCUT2D eigenvalue weighted by Crippen LogP contribution is -2.40. The zero-order chi connectivity index (χ0) is 21.4. The molecule has 3 heterocycles. The van der Waals surface area contributed by atoms with Crippen molar-refractivity contribution in [3.8, 4) is 11.4 Å². The quantitative estimate of drug-likeness (QED) is 0.602. The summed E-state index contributed by atoms with van der Waals surface area (Å²) < 4.78 is 7.60. The molecule has 3 aromatic rings. The van der Waals surface area contributed by atoms with Gasteiger partial charge in [0.2, 0.25) is 5.72 Å². The molecule has 2 aromatic carbocycles. The summed E-state index contributed by atoms with van der Waals surface area (Å²) in [6, 6.07) is 14.7. The predicted molar refractivity (Wildman–Crippen MR) is 121 cm³/mol. The van der Waals surface area contributed by atoms with Gasteiger partial charge in [0.25, 0.3) is 0 Å². The number of aryl methyl sites for hydroxylation is 2. The predicted octanol–water partition coefficient (Wildman–Crippen LogP) is 4.80. The van der Waals surface area contributed by atoms with Crippen molar-refractivity contribution in [1.82, 2.24) is 14.5 Å². The molecule has 0 N–H and O–H groups in total. The number of hydrogen-bond acceptors (Lipinski definition) is 5. The number of fused-ring (bicyclic) bond motifs is 1. The second kappa shape index (κ2) is 7.61. The summed E-state index contributed by atoms with van der Waals surface area (Å²) in [5, 5.41) is 4.43. The average Bonchev–Trinajstić information content (AvgIpc) is 3.48. The van der Waals surface area contributed by atoms with Crippen molar-refractivity contribution in [1.29, 1.82) is 0 Å². The van der Waals surface area contributed by atoms with Gasteiger partial charge in [-0.05, 0) is 44.0 Å². The van der Waals surface area contributed by atoms with E-state index in [0.717, 1.165) is 53.5 Å². The molecule has 6 nitrogen and oxygen atoms in total. The molecule has 0 radical (unpaired) electrons. The maximum Gasteiger partial charge on any atom is 0.237 e. The average molecular weight is 415 g/mol. The lowest BCUT2D eigenvalue weighted by atomic mass is 9.99. The number of imidazole rings is 1. The van der Waals surface area contributed by atoms with E-state index in [0.29, 0.717) is 0 Å². The van der Waals surface area contributed by atoms with E-state index >= 15 is 0 Å². The van der Waals surface area contributed by atoms with Gasteiger partial charge in [0.1, 0.15) is 5.75 Å². The molecule has 1 fully saturated rings. The monoisotopic (exact) mass is 414 g/mol. The third-order valence-corrected chi connectivity index (χ3v) is 6.02. The van der Waals surface area contributed by atoms with E-state index in [1.54, 1.807) is 13.4 Å². The summed E-state index contributed by atoms with van der Waals surface area (Å²) in [6.45, 7) is 5.00. The molecule has 0 aliphatic carbocycles. The van der Waals surface area contributed by atoms with Gasteiger partial charge in [0.15, 0.2) is 5.84 Å². The molecule has 2 aliphatic heterocycles. The fourth-order valence-corrected chi connectivity index (χ4v) is 4.38. The van der Waals surface area contributed by atoms with Crippen LogP contribution < -0.4 is 4.74 Å². The molecule has 1 saturated heterocycles. The SMILES string of the molecule is COc1cc(/C=C/C2=NOC3(c4ccc(C)cc4)CCCN23)ccc1-n1cnc(C)c1. The summed E-state index contributed by atoms with van der Waals surface area (Å²) in [5.74, 6) is 1.64. The van der Waals surface area contributed by atoms with Gasteiger partial charge in [0.05, 0.1) is 24.8 Å². The molecule has 158 valence electrons. The molecule has 6 heteroatoms. The maximum atomic E-state index is 6.04. The fourth-order valence-electron chi connectivity index (χ4n) is 4.38. The van der Waals surface area contributed by atoms with Crippen LogP contribution in [0.25, 0.3) is 11.8 Å². The molecule has 1 atom stereocenters. The second-order valence-electron chi connectivity index (χ2n) is 8.13. The minimum atomic E-state index is -0.478.